The number of piperidine rings is 1. The Bertz CT molecular complexity index is 779. The van der Waals surface area contributed by atoms with Crippen molar-refractivity contribution in [3.63, 3.8) is 0 Å². The van der Waals surface area contributed by atoms with Gasteiger partial charge in [-0.25, -0.2) is 0 Å². The second-order valence-corrected chi connectivity index (χ2v) is 9.51. The van der Waals surface area contributed by atoms with Crippen molar-refractivity contribution in [3.05, 3.63) is 39.8 Å². The fraction of sp³-hybridized carbons (Fsp3) is 0.636. The van der Waals surface area contributed by atoms with Crippen LogP contribution in [-0.4, -0.2) is 59.3 Å². The lowest BCUT2D eigenvalue weighted by Crippen LogP contribution is -2.44. The molecule has 29 heavy (non-hydrogen) atoms. The third-order valence-electron chi connectivity index (χ3n) is 5.58. The molecule has 0 amide bonds. The molecule has 0 radical (unpaired) electrons. The molecule has 1 fully saturated rings. The first-order chi connectivity index (χ1) is 14.0. The Morgan fingerprint density at radius 2 is 2.28 bits per heavy atom. The van der Waals surface area contributed by atoms with Crippen molar-refractivity contribution >= 4 is 17.3 Å². The summed E-state index contributed by atoms with van der Waals surface area (Å²) in [4.78, 5) is 10.8. The van der Waals surface area contributed by atoms with Crippen LogP contribution in [0.15, 0.2) is 28.7 Å². The van der Waals surface area contributed by atoms with E-state index in [2.05, 4.69) is 69.8 Å². The first kappa shape index (κ1) is 21.8. The van der Waals surface area contributed by atoms with Crippen LogP contribution in [0.3, 0.4) is 0 Å². The maximum absolute atomic E-state index is 4.63. The zero-order chi connectivity index (χ0) is 20.8. The molecule has 0 spiro atoms. The Hall–Kier alpha value is -1.86. The van der Waals surface area contributed by atoms with Crippen LogP contribution in [0.25, 0.3) is 0 Å². The maximum atomic E-state index is 4.63. The van der Waals surface area contributed by atoms with Gasteiger partial charge in [0.25, 0.3) is 0 Å². The number of aromatic nitrogens is 2. The predicted molar refractivity (Wildman–Crippen MR) is 122 cm³/mol. The van der Waals surface area contributed by atoms with Crippen LogP contribution in [0.1, 0.15) is 48.7 Å². The summed E-state index contributed by atoms with van der Waals surface area (Å²) >= 11 is 1.86. The lowest BCUT2D eigenvalue weighted by atomic mass is 9.98. The standard InChI is InChI=1S/C22H36N6S/c1-17(2)21-19(15-27(5)25-21)14-26(4)22(23-3)24-12-18-8-6-10-28(13-18)16-20-9-7-11-29-20/h7,9,11,15,17-18H,6,8,10,12-14,16H2,1-5H3,(H,23,24). The van der Waals surface area contributed by atoms with Crippen LogP contribution in [0, 0.1) is 5.92 Å². The van der Waals surface area contributed by atoms with Crippen LogP contribution in [0.2, 0.25) is 0 Å². The van der Waals surface area contributed by atoms with E-state index in [1.807, 2.05) is 30.1 Å². The number of likely N-dealkylation sites (tertiary alicyclic amines) is 1. The smallest absolute Gasteiger partial charge is 0.193 e. The number of hydrogen-bond donors (Lipinski definition) is 1. The van der Waals surface area contributed by atoms with Gasteiger partial charge in [-0.1, -0.05) is 19.9 Å². The Morgan fingerprint density at radius 3 is 2.97 bits per heavy atom. The van der Waals surface area contributed by atoms with Crippen molar-refractivity contribution in [1.29, 1.82) is 0 Å². The first-order valence-corrected chi connectivity index (χ1v) is 11.5. The van der Waals surface area contributed by atoms with Gasteiger partial charge in [0, 0.05) is 64.0 Å². The molecule has 3 heterocycles. The SMILES string of the molecule is CN=C(NCC1CCCN(Cc2cccs2)C1)N(C)Cc1cn(C)nc1C(C)C. The Morgan fingerprint density at radius 1 is 1.45 bits per heavy atom. The maximum Gasteiger partial charge on any atom is 0.193 e. The molecule has 0 bridgehead atoms. The van der Waals surface area contributed by atoms with Gasteiger partial charge in [0.1, 0.15) is 0 Å². The number of nitrogens with one attached hydrogen (secondary N) is 1. The molecule has 3 rings (SSSR count). The van der Waals surface area contributed by atoms with Crippen molar-refractivity contribution in [2.45, 2.75) is 45.7 Å². The molecule has 1 N–H and O–H groups in total. The summed E-state index contributed by atoms with van der Waals surface area (Å²) in [6.07, 6.45) is 4.69. The van der Waals surface area contributed by atoms with E-state index in [9.17, 15) is 0 Å². The van der Waals surface area contributed by atoms with Gasteiger partial charge in [0.05, 0.1) is 5.69 Å². The van der Waals surface area contributed by atoms with Crippen LogP contribution in [0.4, 0.5) is 0 Å². The summed E-state index contributed by atoms with van der Waals surface area (Å²) in [5, 5.41) is 10.4. The van der Waals surface area contributed by atoms with Crippen molar-refractivity contribution < 1.29 is 0 Å². The average molecular weight is 417 g/mol. The summed E-state index contributed by atoms with van der Waals surface area (Å²) in [5.41, 5.74) is 2.44. The quantitative estimate of drug-likeness (QED) is 0.554. The molecule has 1 atom stereocenters. The van der Waals surface area contributed by atoms with Crippen molar-refractivity contribution in [1.82, 2.24) is 24.9 Å². The number of nitrogens with zero attached hydrogens (tertiary/aromatic N) is 5. The van der Waals surface area contributed by atoms with Gasteiger partial charge in [0.15, 0.2) is 5.96 Å². The molecule has 7 heteroatoms. The highest BCUT2D eigenvalue weighted by molar-refractivity contribution is 7.09. The highest BCUT2D eigenvalue weighted by Gasteiger charge is 2.21. The highest BCUT2D eigenvalue weighted by Crippen LogP contribution is 2.21. The molecule has 2 aromatic rings. The van der Waals surface area contributed by atoms with Gasteiger partial charge in [-0.15, -0.1) is 11.3 Å². The summed E-state index contributed by atoms with van der Waals surface area (Å²) in [5.74, 6) is 2.04. The minimum atomic E-state index is 0.422. The van der Waals surface area contributed by atoms with E-state index < -0.39 is 0 Å². The molecular weight excluding hydrogens is 380 g/mol. The van der Waals surface area contributed by atoms with Gasteiger partial charge in [-0.2, -0.15) is 5.10 Å². The zero-order valence-corrected chi connectivity index (χ0v) is 19.4. The van der Waals surface area contributed by atoms with Crippen LogP contribution in [-0.2, 0) is 20.1 Å². The molecule has 1 saturated heterocycles. The van der Waals surface area contributed by atoms with Crippen LogP contribution >= 0.6 is 11.3 Å². The summed E-state index contributed by atoms with van der Waals surface area (Å²) < 4.78 is 1.92. The van der Waals surface area contributed by atoms with E-state index in [-0.39, 0.29) is 0 Å². The molecule has 1 aliphatic heterocycles. The van der Waals surface area contributed by atoms with Crippen molar-refractivity contribution in [2.24, 2.45) is 18.0 Å². The highest BCUT2D eigenvalue weighted by atomic mass is 32.1. The van der Waals surface area contributed by atoms with E-state index >= 15 is 0 Å². The largest absolute Gasteiger partial charge is 0.356 e. The average Bonchev–Trinajstić information content (AvgIpc) is 3.32. The van der Waals surface area contributed by atoms with Gasteiger partial charge < -0.3 is 10.2 Å². The number of hydrogen-bond acceptors (Lipinski definition) is 4. The monoisotopic (exact) mass is 416 g/mol. The van der Waals surface area contributed by atoms with E-state index in [1.54, 1.807) is 0 Å². The summed E-state index contributed by atoms with van der Waals surface area (Å²) in [7, 11) is 5.97. The predicted octanol–water partition coefficient (Wildman–Crippen LogP) is 3.52. The number of aliphatic imine (C=N–C) groups is 1. The van der Waals surface area contributed by atoms with Crippen LogP contribution in [0.5, 0.6) is 0 Å². The van der Waals surface area contributed by atoms with E-state index in [0.29, 0.717) is 11.8 Å². The first-order valence-electron chi connectivity index (χ1n) is 10.6. The van der Waals surface area contributed by atoms with E-state index in [1.165, 1.54) is 35.5 Å². The van der Waals surface area contributed by atoms with E-state index in [0.717, 1.165) is 32.1 Å². The molecule has 1 unspecified atom stereocenters. The fourth-order valence-corrected chi connectivity index (χ4v) is 4.94. The third-order valence-corrected chi connectivity index (χ3v) is 6.44. The molecule has 1 aliphatic rings. The van der Waals surface area contributed by atoms with E-state index in [4.69, 9.17) is 0 Å². The van der Waals surface area contributed by atoms with Crippen LogP contribution < -0.4 is 5.32 Å². The Labute approximate surface area is 179 Å². The normalized spacial score (nSPS) is 18.4. The topological polar surface area (TPSA) is 48.7 Å². The molecular formula is C22H36N6S. The van der Waals surface area contributed by atoms with Gasteiger partial charge in [0.2, 0.25) is 0 Å². The zero-order valence-electron chi connectivity index (χ0n) is 18.6. The number of aryl methyl sites for hydroxylation is 1. The Kier molecular flexibility index (Phi) is 7.72. The Balaban J connectivity index is 1.52. The van der Waals surface area contributed by atoms with Gasteiger partial charge in [-0.05, 0) is 42.7 Å². The minimum absolute atomic E-state index is 0.422. The second-order valence-electron chi connectivity index (χ2n) is 8.47. The van der Waals surface area contributed by atoms with Gasteiger partial charge in [-0.3, -0.25) is 14.6 Å². The lowest BCUT2D eigenvalue weighted by Gasteiger charge is -2.33. The van der Waals surface area contributed by atoms with Crippen molar-refractivity contribution in [2.75, 3.05) is 33.7 Å². The van der Waals surface area contributed by atoms with Crippen molar-refractivity contribution in [3.8, 4) is 0 Å². The summed E-state index contributed by atoms with van der Waals surface area (Å²) in [6.45, 7) is 9.64. The third kappa shape index (κ3) is 6.06. The molecule has 0 aromatic carbocycles. The van der Waals surface area contributed by atoms with Gasteiger partial charge >= 0.3 is 0 Å². The number of thiophene rings is 1. The fourth-order valence-electron chi connectivity index (χ4n) is 4.20. The molecule has 0 saturated carbocycles. The number of rotatable bonds is 7. The molecule has 160 valence electrons. The molecule has 6 nitrogen and oxygen atoms in total. The lowest BCUT2D eigenvalue weighted by molar-refractivity contribution is 0.169. The molecule has 2 aromatic heterocycles. The molecule has 0 aliphatic carbocycles. The minimum Gasteiger partial charge on any atom is -0.356 e. The summed E-state index contributed by atoms with van der Waals surface area (Å²) in [6, 6.07) is 4.39. The second kappa shape index (κ2) is 10.3. The number of guanidine groups is 1.